The third kappa shape index (κ3) is 4.94. The Bertz CT molecular complexity index is 1180. The molecule has 0 atom stereocenters. The van der Waals surface area contributed by atoms with Gasteiger partial charge in [0, 0.05) is 35.7 Å². The number of sulfonamides is 1. The number of thioether (sulfide) groups is 1. The van der Waals surface area contributed by atoms with Gasteiger partial charge in [0.2, 0.25) is 21.8 Å². The minimum atomic E-state index is -3.73. The molecule has 2 aliphatic heterocycles. The van der Waals surface area contributed by atoms with E-state index in [2.05, 4.69) is 10.6 Å². The van der Waals surface area contributed by atoms with Crippen LogP contribution in [0.25, 0.3) is 0 Å². The van der Waals surface area contributed by atoms with Crippen LogP contribution in [0.2, 0.25) is 0 Å². The predicted molar refractivity (Wildman–Crippen MR) is 125 cm³/mol. The van der Waals surface area contributed by atoms with Crippen molar-refractivity contribution in [1.29, 1.82) is 0 Å². The molecule has 4 rings (SSSR count). The number of ether oxygens (including phenoxy) is 2. The zero-order valence-electron chi connectivity index (χ0n) is 18.3. The summed E-state index contributed by atoms with van der Waals surface area (Å²) in [7, 11) is -0.666. The van der Waals surface area contributed by atoms with Gasteiger partial charge in [0.1, 0.15) is 0 Å². The Morgan fingerprint density at radius 1 is 1.09 bits per heavy atom. The topological polar surface area (TPSA) is 114 Å². The zero-order chi connectivity index (χ0) is 23.6. The Morgan fingerprint density at radius 2 is 1.82 bits per heavy atom. The van der Waals surface area contributed by atoms with E-state index in [0.29, 0.717) is 41.5 Å². The average Bonchev–Trinajstić information content (AvgIpc) is 2.83. The van der Waals surface area contributed by atoms with Crippen LogP contribution in [0.3, 0.4) is 0 Å². The van der Waals surface area contributed by atoms with Gasteiger partial charge >= 0.3 is 0 Å². The van der Waals surface area contributed by atoms with Crippen molar-refractivity contribution in [1.82, 2.24) is 4.31 Å². The molecule has 2 amide bonds. The number of piperidine rings is 1. The van der Waals surface area contributed by atoms with Crippen LogP contribution < -0.4 is 20.1 Å². The van der Waals surface area contributed by atoms with Crippen LogP contribution in [0.4, 0.5) is 11.4 Å². The molecule has 1 fully saturated rings. The highest BCUT2D eigenvalue weighted by molar-refractivity contribution is 8.00. The number of hydrogen-bond donors (Lipinski definition) is 2. The molecule has 0 aliphatic carbocycles. The van der Waals surface area contributed by atoms with Gasteiger partial charge in [-0.3, -0.25) is 9.59 Å². The van der Waals surface area contributed by atoms with E-state index >= 15 is 0 Å². The van der Waals surface area contributed by atoms with Crippen LogP contribution in [0.15, 0.2) is 46.2 Å². The first-order chi connectivity index (χ1) is 15.8. The molecule has 0 radical (unpaired) electrons. The molecule has 0 spiro atoms. The smallest absolute Gasteiger partial charge is 0.243 e. The number of rotatable bonds is 6. The van der Waals surface area contributed by atoms with Crippen LogP contribution in [0.1, 0.15) is 12.8 Å². The van der Waals surface area contributed by atoms with Gasteiger partial charge in [0.05, 0.1) is 30.6 Å². The van der Waals surface area contributed by atoms with Gasteiger partial charge in [-0.2, -0.15) is 4.31 Å². The number of anilines is 2. The quantitative estimate of drug-likeness (QED) is 0.639. The van der Waals surface area contributed by atoms with Crippen molar-refractivity contribution in [2.24, 2.45) is 5.92 Å². The van der Waals surface area contributed by atoms with Crippen molar-refractivity contribution >= 4 is 45.0 Å². The molecule has 33 heavy (non-hydrogen) atoms. The zero-order valence-corrected chi connectivity index (χ0v) is 19.9. The van der Waals surface area contributed by atoms with Crippen molar-refractivity contribution in [2.75, 3.05) is 43.7 Å². The maximum Gasteiger partial charge on any atom is 0.243 e. The summed E-state index contributed by atoms with van der Waals surface area (Å²) in [6, 6.07) is 9.91. The molecule has 2 N–H and O–H groups in total. The SMILES string of the molecule is COc1ccc(NC(=O)C2CCN(S(=O)(=O)c3ccc4c(c3)NC(=O)CS4)CC2)cc1OC. The minimum absolute atomic E-state index is 0.136. The van der Waals surface area contributed by atoms with Crippen LogP contribution in [-0.4, -0.2) is 57.6 Å². The summed E-state index contributed by atoms with van der Waals surface area (Å²) in [5, 5.41) is 5.60. The summed E-state index contributed by atoms with van der Waals surface area (Å²) in [6.45, 7) is 0.481. The van der Waals surface area contributed by atoms with Crippen LogP contribution in [-0.2, 0) is 19.6 Å². The first-order valence-electron chi connectivity index (χ1n) is 10.4. The third-order valence-corrected chi connectivity index (χ3v) is 8.67. The second-order valence-corrected chi connectivity index (χ2v) is 10.7. The molecule has 2 aromatic rings. The highest BCUT2D eigenvalue weighted by Crippen LogP contribution is 2.35. The predicted octanol–water partition coefficient (Wildman–Crippen LogP) is 2.79. The number of carbonyl (C=O) groups excluding carboxylic acids is 2. The molecular weight excluding hydrogens is 466 g/mol. The Labute approximate surface area is 196 Å². The largest absolute Gasteiger partial charge is 0.493 e. The summed E-state index contributed by atoms with van der Waals surface area (Å²) >= 11 is 1.38. The molecule has 2 aliphatic rings. The van der Waals surface area contributed by atoms with E-state index in [9.17, 15) is 18.0 Å². The highest BCUT2D eigenvalue weighted by atomic mass is 32.2. The summed E-state index contributed by atoms with van der Waals surface area (Å²) in [5.41, 5.74) is 1.10. The van der Waals surface area contributed by atoms with Crippen LogP contribution in [0.5, 0.6) is 11.5 Å². The average molecular weight is 492 g/mol. The van der Waals surface area contributed by atoms with E-state index in [1.165, 1.54) is 36.4 Å². The fraction of sp³-hybridized carbons (Fsp3) is 0.364. The van der Waals surface area contributed by atoms with Crippen molar-refractivity contribution in [3.05, 3.63) is 36.4 Å². The second-order valence-electron chi connectivity index (χ2n) is 7.73. The lowest BCUT2D eigenvalue weighted by Crippen LogP contribution is -2.41. The molecule has 0 unspecified atom stereocenters. The normalized spacial score (nSPS) is 17.1. The number of fused-ring (bicyclic) bond motifs is 1. The molecule has 11 heteroatoms. The van der Waals surface area contributed by atoms with Crippen molar-refractivity contribution in [2.45, 2.75) is 22.6 Å². The van der Waals surface area contributed by atoms with Gasteiger partial charge in [-0.1, -0.05) is 0 Å². The number of amides is 2. The maximum atomic E-state index is 13.1. The lowest BCUT2D eigenvalue weighted by atomic mass is 9.97. The lowest BCUT2D eigenvalue weighted by Gasteiger charge is -2.31. The number of hydrogen-bond acceptors (Lipinski definition) is 7. The molecule has 1 saturated heterocycles. The van der Waals surface area contributed by atoms with Crippen molar-refractivity contribution in [3.63, 3.8) is 0 Å². The van der Waals surface area contributed by atoms with Crippen molar-refractivity contribution in [3.8, 4) is 11.5 Å². The number of benzene rings is 2. The van der Waals surface area contributed by atoms with Crippen LogP contribution in [0, 0.1) is 5.92 Å². The molecule has 2 heterocycles. The minimum Gasteiger partial charge on any atom is -0.493 e. The van der Waals surface area contributed by atoms with Gasteiger partial charge in [-0.25, -0.2) is 8.42 Å². The third-order valence-electron chi connectivity index (χ3n) is 5.70. The summed E-state index contributed by atoms with van der Waals surface area (Å²) in [6.07, 6.45) is 0.825. The molecule has 0 bridgehead atoms. The fourth-order valence-corrected chi connectivity index (χ4v) is 6.17. The second kappa shape index (κ2) is 9.62. The van der Waals surface area contributed by atoms with Gasteiger partial charge in [0.15, 0.2) is 11.5 Å². The molecule has 2 aromatic carbocycles. The monoisotopic (exact) mass is 491 g/mol. The van der Waals surface area contributed by atoms with E-state index in [4.69, 9.17) is 9.47 Å². The lowest BCUT2D eigenvalue weighted by molar-refractivity contribution is -0.121. The van der Waals surface area contributed by atoms with E-state index in [1.54, 1.807) is 30.3 Å². The van der Waals surface area contributed by atoms with Crippen LogP contribution >= 0.6 is 11.8 Å². The number of carbonyl (C=O) groups is 2. The first kappa shape index (κ1) is 23.4. The van der Waals surface area contributed by atoms with E-state index in [0.717, 1.165) is 4.90 Å². The van der Waals surface area contributed by atoms with E-state index in [-0.39, 0.29) is 35.7 Å². The fourth-order valence-electron chi connectivity index (χ4n) is 3.89. The Morgan fingerprint density at radius 3 is 2.52 bits per heavy atom. The molecular formula is C22H25N3O6S2. The highest BCUT2D eigenvalue weighted by Gasteiger charge is 2.33. The van der Waals surface area contributed by atoms with Gasteiger partial charge in [0.25, 0.3) is 0 Å². The summed E-state index contributed by atoms with van der Waals surface area (Å²) in [4.78, 5) is 25.4. The Hall–Kier alpha value is -2.76. The molecule has 9 nitrogen and oxygen atoms in total. The van der Waals surface area contributed by atoms with Gasteiger partial charge < -0.3 is 20.1 Å². The van der Waals surface area contributed by atoms with E-state index in [1.807, 2.05) is 0 Å². The van der Waals surface area contributed by atoms with Gasteiger partial charge in [-0.15, -0.1) is 11.8 Å². The van der Waals surface area contributed by atoms with Gasteiger partial charge in [-0.05, 0) is 43.2 Å². The molecule has 176 valence electrons. The number of nitrogens with one attached hydrogen (secondary N) is 2. The van der Waals surface area contributed by atoms with E-state index < -0.39 is 10.0 Å². The summed E-state index contributed by atoms with van der Waals surface area (Å²) in [5.74, 6) is 0.781. The van der Waals surface area contributed by atoms with Crippen molar-refractivity contribution < 1.29 is 27.5 Å². The summed E-state index contributed by atoms with van der Waals surface area (Å²) < 4.78 is 38.1. The standard InChI is InChI=1S/C22H25N3O6S2/c1-30-18-5-3-15(11-19(18)31-2)23-22(27)14-7-9-25(10-8-14)33(28,29)16-4-6-20-17(12-16)24-21(26)13-32-20/h3-6,11-12,14H,7-10,13H2,1-2H3,(H,23,27)(H,24,26). The number of nitrogens with zero attached hydrogens (tertiary/aromatic N) is 1. The number of methoxy groups -OCH3 is 2. The molecule has 0 aromatic heterocycles. The first-order valence-corrected chi connectivity index (χ1v) is 12.8. The Balaban J connectivity index is 1.39. The maximum absolute atomic E-state index is 13.1. The molecule has 0 saturated carbocycles. The Kier molecular flexibility index (Phi) is 6.82.